The van der Waals surface area contributed by atoms with E-state index in [4.69, 9.17) is 22.8 Å². The second-order valence-electron chi connectivity index (χ2n) is 5.27. The zero-order valence-electron chi connectivity index (χ0n) is 14.5. The fourth-order valence-corrected chi connectivity index (χ4v) is 3.27. The van der Waals surface area contributed by atoms with E-state index in [9.17, 15) is 18.0 Å². The number of aliphatic hydroxyl groups is 1. The van der Waals surface area contributed by atoms with Gasteiger partial charge in [0.2, 0.25) is 0 Å². The summed E-state index contributed by atoms with van der Waals surface area (Å²) in [5.74, 6) is 0.818. The molecule has 0 spiro atoms. The third kappa shape index (κ3) is 8.30. The molecule has 0 saturated carbocycles. The van der Waals surface area contributed by atoms with Gasteiger partial charge in [-0.05, 0) is 24.3 Å². The lowest BCUT2D eigenvalue weighted by Gasteiger charge is -2.08. The fourth-order valence-electron chi connectivity index (χ4n) is 1.81. The van der Waals surface area contributed by atoms with Crippen molar-refractivity contribution in [2.75, 3.05) is 12.9 Å². The Morgan fingerprint density at radius 3 is 2.04 bits per heavy atom. The summed E-state index contributed by atoms with van der Waals surface area (Å²) in [5.41, 5.74) is -4.33. The van der Waals surface area contributed by atoms with Gasteiger partial charge in [-0.1, -0.05) is 30.3 Å². The maximum Gasteiger partial charge on any atom is 0.485 e. The van der Waals surface area contributed by atoms with Gasteiger partial charge in [0, 0.05) is 16.5 Å². The molecule has 6 nitrogen and oxygen atoms in total. The molecule has 0 saturated heterocycles. The van der Waals surface area contributed by atoms with Gasteiger partial charge < -0.3 is 14.4 Å². The highest BCUT2D eigenvalue weighted by molar-refractivity contribution is 7.95. The second-order valence-corrected chi connectivity index (χ2v) is 8.68. The number of carbonyl (C=O) groups is 1. The van der Waals surface area contributed by atoms with Crippen LogP contribution in [0, 0.1) is 0 Å². The molecular formula is C17H17F3O6S2. The minimum atomic E-state index is -6.09. The van der Waals surface area contributed by atoms with Gasteiger partial charge in [-0.15, -0.1) is 0 Å². The molecule has 154 valence electrons. The molecular weight excluding hydrogens is 421 g/mol. The second kappa shape index (κ2) is 10.5. The smallest absolute Gasteiger partial charge is 0.485 e. The van der Waals surface area contributed by atoms with Gasteiger partial charge >= 0.3 is 11.5 Å². The predicted octanol–water partition coefficient (Wildman–Crippen LogP) is 2.44. The summed E-state index contributed by atoms with van der Waals surface area (Å²) in [7, 11) is -5.99. The molecule has 11 heteroatoms. The van der Waals surface area contributed by atoms with Crippen molar-refractivity contribution in [2.24, 2.45) is 0 Å². The van der Waals surface area contributed by atoms with Crippen LogP contribution in [0.15, 0.2) is 59.5 Å². The van der Waals surface area contributed by atoms with E-state index in [0.717, 1.165) is 5.75 Å². The molecule has 1 N–H and O–H groups in total. The first-order valence-corrected chi connectivity index (χ1v) is 10.8. The number of rotatable bonds is 5. The van der Waals surface area contributed by atoms with Crippen LogP contribution in [0.1, 0.15) is 5.56 Å². The first-order chi connectivity index (χ1) is 12.9. The molecule has 2 rings (SSSR count). The molecule has 0 heterocycles. The van der Waals surface area contributed by atoms with Crippen LogP contribution in [0.4, 0.5) is 13.2 Å². The van der Waals surface area contributed by atoms with Crippen molar-refractivity contribution in [3.8, 4) is 5.75 Å². The Balaban J connectivity index is 0.000000416. The first kappa shape index (κ1) is 24.0. The molecule has 0 aromatic heterocycles. The van der Waals surface area contributed by atoms with Gasteiger partial charge in [0.1, 0.15) is 24.4 Å². The normalized spacial score (nSPS) is 12.5. The van der Waals surface area contributed by atoms with Gasteiger partial charge in [-0.3, -0.25) is 0 Å². The van der Waals surface area contributed by atoms with Gasteiger partial charge in [-0.2, -0.15) is 13.2 Å². The summed E-state index contributed by atoms with van der Waals surface area (Å²) >= 11 is 0. The Hall–Kier alpha value is -2.08. The largest absolute Gasteiger partial charge is 0.741 e. The van der Waals surface area contributed by atoms with Gasteiger partial charge in [0.05, 0.1) is 0 Å². The van der Waals surface area contributed by atoms with Crippen LogP contribution in [-0.4, -0.2) is 42.4 Å². The molecule has 1 unspecified atom stereocenters. The zero-order valence-corrected chi connectivity index (χ0v) is 16.2. The Morgan fingerprint density at radius 1 is 1.11 bits per heavy atom. The van der Waals surface area contributed by atoms with E-state index in [1.165, 1.54) is 10.5 Å². The van der Waals surface area contributed by atoms with E-state index >= 15 is 0 Å². The Kier molecular flexibility index (Phi) is 8.95. The highest BCUT2D eigenvalue weighted by Crippen LogP contribution is 2.21. The number of esters is 1. The summed E-state index contributed by atoms with van der Waals surface area (Å²) in [4.78, 5) is 12.2. The van der Waals surface area contributed by atoms with Crippen molar-refractivity contribution >= 4 is 27.0 Å². The van der Waals surface area contributed by atoms with E-state index in [0.29, 0.717) is 5.75 Å². The number of hydrogen-bond acceptors (Lipinski definition) is 6. The molecule has 0 radical (unpaired) electrons. The first-order valence-electron chi connectivity index (χ1n) is 7.54. The van der Waals surface area contributed by atoms with E-state index in [1.807, 2.05) is 30.3 Å². The SMILES string of the molecule is C[S+](Cc1ccccc1)c1ccc(OC(=O)CO)cc1.O=S(=O)([O-])C(F)(F)F. The lowest BCUT2D eigenvalue weighted by Crippen LogP contribution is -2.21. The average Bonchev–Trinajstić information content (AvgIpc) is 2.62. The zero-order chi connectivity index (χ0) is 21.4. The summed E-state index contributed by atoms with van der Waals surface area (Å²) in [6, 6.07) is 17.8. The van der Waals surface area contributed by atoms with Crippen LogP contribution < -0.4 is 4.74 Å². The lowest BCUT2D eigenvalue weighted by molar-refractivity contribution is -0.137. The van der Waals surface area contributed by atoms with E-state index in [1.54, 1.807) is 12.1 Å². The number of benzene rings is 2. The maximum absolute atomic E-state index is 11.0. The van der Waals surface area contributed by atoms with Crippen molar-refractivity contribution in [3.05, 3.63) is 60.2 Å². The third-order valence-corrected chi connectivity index (χ3v) is 5.51. The molecule has 0 amide bonds. The van der Waals surface area contributed by atoms with Crippen LogP contribution in [0.2, 0.25) is 0 Å². The number of hydrogen-bond donors (Lipinski definition) is 1. The minimum absolute atomic E-state index is 0.103. The van der Waals surface area contributed by atoms with Crippen LogP contribution in [0.3, 0.4) is 0 Å². The molecule has 0 aliphatic heterocycles. The third-order valence-electron chi connectivity index (χ3n) is 3.10. The van der Waals surface area contributed by atoms with E-state index in [2.05, 4.69) is 18.4 Å². The Bertz CT molecular complexity index is 853. The number of aliphatic hydroxyl groups excluding tert-OH is 1. The molecule has 1 atom stereocenters. The minimum Gasteiger partial charge on any atom is -0.741 e. The van der Waals surface area contributed by atoms with Crippen LogP contribution in [-0.2, 0) is 31.6 Å². The van der Waals surface area contributed by atoms with E-state index in [-0.39, 0.29) is 10.9 Å². The van der Waals surface area contributed by atoms with Gasteiger partial charge in [0.25, 0.3) is 0 Å². The molecule has 2 aromatic carbocycles. The molecule has 0 fully saturated rings. The maximum atomic E-state index is 11.0. The van der Waals surface area contributed by atoms with Crippen molar-refractivity contribution < 1.29 is 40.8 Å². The van der Waals surface area contributed by atoms with Crippen LogP contribution in [0.5, 0.6) is 5.75 Å². The predicted molar refractivity (Wildman–Crippen MR) is 96.6 cm³/mol. The van der Waals surface area contributed by atoms with Crippen molar-refractivity contribution in [2.45, 2.75) is 16.2 Å². The van der Waals surface area contributed by atoms with E-state index < -0.39 is 28.2 Å². The number of carbonyl (C=O) groups excluding carboxylic acids is 1. The molecule has 0 aliphatic carbocycles. The topological polar surface area (TPSA) is 104 Å². The summed E-state index contributed by atoms with van der Waals surface area (Å²) < 4.78 is 63.8. The van der Waals surface area contributed by atoms with Crippen LogP contribution in [0.25, 0.3) is 0 Å². The Labute approximate surface area is 163 Å². The fraction of sp³-hybridized carbons (Fsp3) is 0.235. The number of alkyl halides is 3. The highest BCUT2D eigenvalue weighted by atomic mass is 32.2. The number of ether oxygens (including phenoxy) is 1. The van der Waals surface area contributed by atoms with Crippen LogP contribution >= 0.6 is 0 Å². The molecule has 28 heavy (non-hydrogen) atoms. The van der Waals surface area contributed by atoms with Crippen molar-refractivity contribution in [3.63, 3.8) is 0 Å². The summed E-state index contributed by atoms with van der Waals surface area (Å²) in [6.45, 7) is -0.603. The average molecular weight is 438 g/mol. The number of halogens is 3. The monoisotopic (exact) mass is 438 g/mol. The standard InChI is InChI=1S/C16H17O3S.CHF3O3S/c1-20(12-13-5-3-2-4-6-13)15-9-7-14(8-10-15)19-16(18)11-17;2-1(3,4)8(5,6)7/h2-10,17H,11-12H2,1H3;(H,5,6,7)/q+1;/p-1. The van der Waals surface area contributed by atoms with Gasteiger partial charge in [0.15, 0.2) is 15.0 Å². The summed E-state index contributed by atoms with van der Waals surface area (Å²) in [5, 5.41) is 8.63. The molecule has 0 bridgehead atoms. The highest BCUT2D eigenvalue weighted by Gasteiger charge is 2.36. The lowest BCUT2D eigenvalue weighted by atomic mass is 10.2. The molecule has 2 aromatic rings. The Morgan fingerprint density at radius 2 is 1.61 bits per heavy atom. The van der Waals surface area contributed by atoms with Crippen molar-refractivity contribution in [1.82, 2.24) is 0 Å². The quantitative estimate of drug-likeness (QED) is 0.253. The summed E-state index contributed by atoms with van der Waals surface area (Å²) in [6.07, 6.45) is 2.20. The molecule has 0 aliphatic rings. The van der Waals surface area contributed by atoms with Crippen molar-refractivity contribution in [1.29, 1.82) is 0 Å². The van der Waals surface area contributed by atoms with Gasteiger partial charge in [-0.25, -0.2) is 13.2 Å².